The second kappa shape index (κ2) is 8.21. The molecule has 3 aromatic heterocycles. The van der Waals surface area contributed by atoms with Gasteiger partial charge in [-0.05, 0) is 37.3 Å². The molecule has 0 aliphatic carbocycles. The zero-order valence-corrected chi connectivity index (χ0v) is 17.2. The molecule has 0 atom stereocenters. The highest BCUT2D eigenvalue weighted by Crippen LogP contribution is 2.25. The second-order valence-electron chi connectivity index (χ2n) is 6.26. The molecule has 4 rings (SSSR count). The number of hydrogen-bond donors (Lipinski definition) is 0. The normalized spacial score (nSPS) is 11.4. The van der Waals surface area contributed by atoms with Crippen LogP contribution in [-0.4, -0.2) is 25.1 Å². The van der Waals surface area contributed by atoms with Crippen LogP contribution >= 0.6 is 22.9 Å². The number of ether oxygens (including phenoxy) is 1. The summed E-state index contributed by atoms with van der Waals surface area (Å²) in [4.78, 5) is 28.9. The molecule has 0 aliphatic rings. The smallest absolute Gasteiger partial charge is 0.331 e. The van der Waals surface area contributed by atoms with E-state index in [1.165, 1.54) is 50.8 Å². The fourth-order valence-electron chi connectivity index (χ4n) is 2.76. The van der Waals surface area contributed by atoms with Crippen molar-refractivity contribution in [1.29, 1.82) is 0 Å². The number of benzene rings is 1. The molecular formula is C20H14ClFN4O3S. The summed E-state index contributed by atoms with van der Waals surface area (Å²) in [6.07, 6.45) is 4.35. The molecule has 7 nitrogen and oxygen atoms in total. The molecule has 4 aromatic rings. The standard InChI is InChI=1S/C20H14ClFN4O3S/c1-12-16(19(21)26(24-12)15-4-2-13(22)3-5-15)6-7-18(28)29-11-14-10-17(27)25-8-9-30-20(25)23-14/h2-10H,11H2,1H3. The third-order valence-electron chi connectivity index (χ3n) is 4.22. The molecule has 1 aromatic carbocycles. The van der Waals surface area contributed by atoms with Gasteiger partial charge in [0.15, 0.2) is 4.96 Å². The van der Waals surface area contributed by atoms with Crippen LogP contribution in [-0.2, 0) is 16.1 Å². The van der Waals surface area contributed by atoms with Crippen molar-refractivity contribution in [3.63, 3.8) is 0 Å². The predicted octanol–water partition coefficient (Wildman–Crippen LogP) is 3.80. The second-order valence-corrected chi connectivity index (χ2v) is 7.49. The number of rotatable bonds is 5. The van der Waals surface area contributed by atoms with E-state index in [9.17, 15) is 14.0 Å². The minimum Gasteiger partial charge on any atom is -0.456 e. The Bertz CT molecular complexity index is 1320. The van der Waals surface area contributed by atoms with E-state index < -0.39 is 5.97 Å². The number of aromatic nitrogens is 4. The molecule has 10 heteroatoms. The molecule has 0 N–H and O–H groups in total. The molecule has 0 unspecified atom stereocenters. The van der Waals surface area contributed by atoms with Crippen LogP contribution in [0.5, 0.6) is 0 Å². The van der Waals surface area contributed by atoms with Crippen molar-refractivity contribution in [2.45, 2.75) is 13.5 Å². The SMILES string of the molecule is Cc1nn(-c2ccc(F)cc2)c(Cl)c1C=CC(=O)OCc1cc(=O)n2ccsc2n1. The van der Waals surface area contributed by atoms with Crippen molar-refractivity contribution in [1.82, 2.24) is 19.2 Å². The van der Waals surface area contributed by atoms with Gasteiger partial charge in [-0.2, -0.15) is 5.10 Å². The number of nitrogens with zero attached hydrogens (tertiary/aromatic N) is 4. The summed E-state index contributed by atoms with van der Waals surface area (Å²) >= 11 is 7.69. The fourth-order valence-corrected chi connectivity index (χ4v) is 3.83. The molecule has 0 fully saturated rings. The Hall–Kier alpha value is -3.30. The zero-order chi connectivity index (χ0) is 21.3. The first kappa shape index (κ1) is 20.0. The summed E-state index contributed by atoms with van der Waals surface area (Å²) in [5, 5.41) is 6.36. The lowest BCUT2D eigenvalue weighted by atomic mass is 10.2. The third-order valence-corrected chi connectivity index (χ3v) is 5.34. The van der Waals surface area contributed by atoms with Crippen LogP contribution in [0, 0.1) is 12.7 Å². The van der Waals surface area contributed by atoms with Gasteiger partial charge in [0.05, 0.1) is 17.1 Å². The summed E-state index contributed by atoms with van der Waals surface area (Å²) in [5.74, 6) is -0.981. The minimum atomic E-state index is -0.617. The third kappa shape index (κ3) is 4.03. The van der Waals surface area contributed by atoms with Crippen LogP contribution in [0.25, 0.3) is 16.7 Å². The summed E-state index contributed by atoms with van der Waals surface area (Å²) in [7, 11) is 0. The number of fused-ring (bicyclic) bond motifs is 1. The summed E-state index contributed by atoms with van der Waals surface area (Å²) in [5.41, 5.74) is 1.84. The maximum Gasteiger partial charge on any atom is 0.331 e. The largest absolute Gasteiger partial charge is 0.456 e. The van der Waals surface area contributed by atoms with Gasteiger partial charge in [0, 0.05) is 29.3 Å². The van der Waals surface area contributed by atoms with Crippen LogP contribution < -0.4 is 5.56 Å². The first-order valence-corrected chi connectivity index (χ1v) is 10.00. The number of halogens is 2. The van der Waals surface area contributed by atoms with Gasteiger partial charge in [-0.25, -0.2) is 18.9 Å². The van der Waals surface area contributed by atoms with Gasteiger partial charge in [-0.3, -0.25) is 9.20 Å². The highest BCUT2D eigenvalue weighted by atomic mass is 35.5. The average molecular weight is 445 g/mol. The van der Waals surface area contributed by atoms with Gasteiger partial charge in [0.2, 0.25) is 0 Å². The Balaban J connectivity index is 1.47. The van der Waals surface area contributed by atoms with Gasteiger partial charge in [-0.15, -0.1) is 11.3 Å². The van der Waals surface area contributed by atoms with Gasteiger partial charge < -0.3 is 4.74 Å². The van der Waals surface area contributed by atoms with Gasteiger partial charge in [0.1, 0.15) is 17.6 Å². The topological polar surface area (TPSA) is 78.5 Å². The van der Waals surface area contributed by atoms with Gasteiger partial charge in [-0.1, -0.05) is 11.6 Å². The number of aryl methyl sites for hydroxylation is 1. The van der Waals surface area contributed by atoms with Crippen molar-refractivity contribution in [2.75, 3.05) is 0 Å². The first-order valence-electron chi connectivity index (χ1n) is 8.74. The van der Waals surface area contributed by atoms with Crippen molar-refractivity contribution in [3.8, 4) is 5.69 Å². The van der Waals surface area contributed by atoms with Crippen molar-refractivity contribution >= 4 is 39.9 Å². The lowest BCUT2D eigenvalue weighted by molar-refractivity contribution is -0.139. The molecule has 0 radical (unpaired) electrons. The Labute approximate surface area is 178 Å². The van der Waals surface area contributed by atoms with E-state index in [4.69, 9.17) is 16.3 Å². The predicted molar refractivity (Wildman–Crippen MR) is 111 cm³/mol. The Morgan fingerprint density at radius 3 is 2.87 bits per heavy atom. The summed E-state index contributed by atoms with van der Waals surface area (Å²) in [6, 6.07) is 7.04. The number of carbonyl (C=O) groups excluding carboxylic acids is 1. The van der Waals surface area contributed by atoms with Crippen molar-refractivity contribution < 1.29 is 13.9 Å². The highest BCUT2D eigenvalue weighted by molar-refractivity contribution is 7.15. The molecule has 3 heterocycles. The number of carbonyl (C=O) groups is 1. The lowest BCUT2D eigenvalue weighted by Crippen LogP contribution is -2.14. The molecule has 0 aliphatic heterocycles. The molecule has 0 spiro atoms. The maximum absolute atomic E-state index is 13.1. The molecule has 30 heavy (non-hydrogen) atoms. The Morgan fingerprint density at radius 1 is 1.33 bits per heavy atom. The molecule has 0 saturated carbocycles. The summed E-state index contributed by atoms with van der Waals surface area (Å²) < 4.78 is 21.2. The van der Waals surface area contributed by atoms with Crippen LogP contribution in [0.15, 0.2) is 52.8 Å². The van der Waals surface area contributed by atoms with Crippen LogP contribution in [0.1, 0.15) is 17.0 Å². The quantitative estimate of drug-likeness (QED) is 0.345. The van der Waals surface area contributed by atoms with E-state index in [0.717, 1.165) is 0 Å². The molecular weight excluding hydrogens is 431 g/mol. The highest BCUT2D eigenvalue weighted by Gasteiger charge is 2.13. The molecule has 152 valence electrons. The minimum absolute atomic E-state index is 0.131. The number of thiazole rings is 1. The van der Waals surface area contributed by atoms with E-state index in [0.29, 0.717) is 27.6 Å². The van der Waals surface area contributed by atoms with E-state index >= 15 is 0 Å². The zero-order valence-electron chi connectivity index (χ0n) is 15.6. The first-order chi connectivity index (χ1) is 14.4. The molecule has 0 amide bonds. The van der Waals surface area contributed by atoms with Crippen LogP contribution in [0.3, 0.4) is 0 Å². The molecule has 0 bridgehead atoms. The van der Waals surface area contributed by atoms with E-state index in [1.54, 1.807) is 30.6 Å². The van der Waals surface area contributed by atoms with Crippen molar-refractivity contribution in [3.05, 3.63) is 86.3 Å². The summed E-state index contributed by atoms with van der Waals surface area (Å²) in [6.45, 7) is 1.61. The van der Waals surface area contributed by atoms with Crippen molar-refractivity contribution in [2.24, 2.45) is 0 Å². The van der Waals surface area contributed by atoms with Crippen LogP contribution in [0.4, 0.5) is 4.39 Å². The number of esters is 1. The van der Waals surface area contributed by atoms with E-state index in [2.05, 4.69) is 10.1 Å². The average Bonchev–Trinajstić information content (AvgIpc) is 3.30. The molecule has 0 saturated heterocycles. The van der Waals surface area contributed by atoms with Crippen LogP contribution in [0.2, 0.25) is 5.15 Å². The van der Waals surface area contributed by atoms with Gasteiger partial charge >= 0.3 is 5.97 Å². The maximum atomic E-state index is 13.1. The van der Waals surface area contributed by atoms with E-state index in [1.807, 2.05) is 0 Å². The fraction of sp³-hybridized carbons (Fsp3) is 0.100. The van der Waals surface area contributed by atoms with Gasteiger partial charge in [0.25, 0.3) is 5.56 Å². The Kier molecular flexibility index (Phi) is 5.47. The number of hydrogen-bond acceptors (Lipinski definition) is 6. The Morgan fingerprint density at radius 2 is 2.10 bits per heavy atom. The monoisotopic (exact) mass is 444 g/mol. The lowest BCUT2D eigenvalue weighted by Gasteiger charge is -2.03. The van der Waals surface area contributed by atoms with E-state index in [-0.39, 0.29) is 23.1 Å².